The van der Waals surface area contributed by atoms with Crippen molar-refractivity contribution in [1.29, 1.82) is 0 Å². The number of amides is 1. The van der Waals surface area contributed by atoms with Gasteiger partial charge in [-0.05, 0) is 38.3 Å². The number of carbonyl (C=O) groups excluding carboxylic acids is 1. The van der Waals surface area contributed by atoms with E-state index in [9.17, 15) is 4.79 Å². The minimum absolute atomic E-state index is 0.0888. The number of pyridine rings is 1. The van der Waals surface area contributed by atoms with E-state index in [4.69, 9.17) is 0 Å². The molecule has 1 aromatic rings. The highest BCUT2D eigenvalue weighted by atomic mass is 16.1. The smallest absolute Gasteiger partial charge is 0.270 e. The summed E-state index contributed by atoms with van der Waals surface area (Å²) < 4.78 is 0. The fourth-order valence-corrected chi connectivity index (χ4v) is 2.05. The van der Waals surface area contributed by atoms with Crippen molar-refractivity contribution in [2.24, 2.45) is 0 Å². The molecule has 1 N–H and O–H groups in total. The third-order valence-electron chi connectivity index (χ3n) is 3.32. The lowest BCUT2D eigenvalue weighted by molar-refractivity contribution is 0.0934. The molecule has 0 fully saturated rings. The first-order chi connectivity index (χ1) is 9.62. The Balaban J connectivity index is 2.85. The molecule has 1 rings (SSSR count). The number of nitrogens with one attached hydrogen (secondary N) is 1. The van der Waals surface area contributed by atoms with Crippen LogP contribution in [-0.4, -0.2) is 30.0 Å². The maximum atomic E-state index is 12.1. The zero-order valence-corrected chi connectivity index (χ0v) is 13.1. The summed E-state index contributed by atoms with van der Waals surface area (Å²) in [6.45, 7) is 10.4. The van der Waals surface area contributed by atoms with Gasteiger partial charge in [0.25, 0.3) is 5.91 Å². The van der Waals surface area contributed by atoms with Crippen LogP contribution >= 0.6 is 0 Å². The molecule has 4 nitrogen and oxygen atoms in total. The molecule has 1 unspecified atom stereocenters. The van der Waals surface area contributed by atoms with Gasteiger partial charge in [0, 0.05) is 31.0 Å². The van der Waals surface area contributed by atoms with Crippen molar-refractivity contribution >= 4 is 11.6 Å². The van der Waals surface area contributed by atoms with Crippen LogP contribution in [0.25, 0.3) is 0 Å². The van der Waals surface area contributed by atoms with Crippen LogP contribution in [0.5, 0.6) is 0 Å². The number of hydrogen-bond donors (Lipinski definition) is 1. The van der Waals surface area contributed by atoms with Crippen molar-refractivity contribution in [2.45, 2.75) is 53.0 Å². The summed E-state index contributed by atoms with van der Waals surface area (Å²) in [4.78, 5) is 18.6. The molecular formula is C16H27N3O. The predicted octanol–water partition coefficient (Wildman–Crippen LogP) is 3.24. The average Bonchev–Trinajstić information content (AvgIpc) is 2.47. The minimum atomic E-state index is -0.0888. The molecule has 1 amide bonds. The van der Waals surface area contributed by atoms with E-state index in [1.165, 1.54) is 0 Å². The molecule has 0 saturated carbocycles. The largest absolute Gasteiger partial charge is 0.371 e. The lowest BCUT2D eigenvalue weighted by atomic mass is 10.2. The Hall–Kier alpha value is -1.58. The van der Waals surface area contributed by atoms with Gasteiger partial charge in [-0.15, -0.1) is 0 Å². The summed E-state index contributed by atoms with van der Waals surface area (Å²) in [6, 6.07) is 4.05. The molecule has 0 radical (unpaired) electrons. The van der Waals surface area contributed by atoms with Gasteiger partial charge in [-0.25, -0.2) is 0 Å². The maximum Gasteiger partial charge on any atom is 0.270 e. The molecule has 20 heavy (non-hydrogen) atoms. The number of aromatic nitrogens is 1. The van der Waals surface area contributed by atoms with Gasteiger partial charge in [0.15, 0.2) is 0 Å². The molecule has 0 bridgehead atoms. The maximum absolute atomic E-state index is 12.1. The molecule has 0 aromatic carbocycles. The second-order valence-electron chi connectivity index (χ2n) is 5.17. The third-order valence-corrected chi connectivity index (χ3v) is 3.32. The topological polar surface area (TPSA) is 45.2 Å². The van der Waals surface area contributed by atoms with Gasteiger partial charge in [0.05, 0.1) is 0 Å². The van der Waals surface area contributed by atoms with Crippen LogP contribution in [0.1, 0.15) is 57.4 Å². The average molecular weight is 277 g/mol. The van der Waals surface area contributed by atoms with Crippen LogP contribution in [0.3, 0.4) is 0 Å². The Kier molecular flexibility index (Phi) is 7.05. The summed E-state index contributed by atoms with van der Waals surface area (Å²) in [5.41, 5.74) is 1.58. The fraction of sp³-hybridized carbons (Fsp3) is 0.625. The van der Waals surface area contributed by atoms with E-state index >= 15 is 0 Å². The molecule has 0 spiro atoms. The normalized spacial score (nSPS) is 12.0. The standard InChI is InChI=1S/C16H27N3O/c1-5-10-19(11-6-2)14-8-9-17-15(12-14)16(20)18-13(4)7-3/h8-9,12-13H,5-7,10-11H2,1-4H3,(H,18,20). The Morgan fingerprint density at radius 2 is 1.95 bits per heavy atom. The van der Waals surface area contributed by atoms with Crippen LogP contribution in [0.2, 0.25) is 0 Å². The minimum Gasteiger partial charge on any atom is -0.371 e. The molecule has 1 heterocycles. The SMILES string of the molecule is CCCN(CCC)c1ccnc(C(=O)NC(C)CC)c1. The highest BCUT2D eigenvalue weighted by molar-refractivity contribution is 5.93. The van der Waals surface area contributed by atoms with Gasteiger partial charge >= 0.3 is 0 Å². The van der Waals surface area contributed by atoms with Crippen molar-refractivity contribution in [1.82, 2.24) is 10.3 Å². The molecule has 0 aliphatic carbocycles. The zero-order valence-electron chi connectivity index (χ0n) is 13.1. The summed E-state index contributed by atoms with van der Waals surface area (Å²) >= 11 is 0. The van der Waals surface area contributed by atoms with E-state index in [1.54, 1.807) is 6.20 Å². The first-order valence-electron chi connectivity index (χ1n) is 7.64. The van der Waals surface area contributed by atoms with E-state index in [0.717, 1.165) is 38.0 Å². The van der Waals surface area contributed by atoms with Crippen molar-refractivity contribution < 1.29 is 4.79 Å². The van der Waals surface area contributed by atoms with Crippen molar-refractivity contribution in [3.63, 3.8) is 0 Å². The van der Waals surface area contributed by atoms with E-state index in [2.05, 4.69) is 36.0 Å². The summed E-state index contributed by atoms with van der Waals surface area (Å²) in [5, 5.41) is 2.96. The van der Waals surface area contributed by atoms with Gasteiger partial charge in [-0.1, -0.05) is 20.8 Å². The Bertz CT molecular complexity index is 414. The molecule has 0 aliphatic rings. The van der Waals surface area contributed by atoms with E-state index in [-0.39, 0.29) is 11.9 Å². The van der Waals surface area contributed by atoms with Gasteiger partial charge in [0.2, 0.25) is 0 Å². The highest BCUT2D eigenvalue weighted by Crippen LogP contribution is 2.15. The summed E-state index contributed by atoms with van der Waals surface area (Å²) in [6.07, 6.45) is 4.83. The number of carbonyl (C=O) groups is 1. The van der Waals surface area contributed by atoms with Gasteiger partial charge in [-0.2, -0.15) is 0 Å². The molecule has 0 saturated heterocycles. The quantitative estimate of drug-likeness (QED) is 0.793. The summed E-state index contributed by atoms with van der Waals surface area (Å²) in [7, 11) is 0. The third kappa shape index (κ3) is 4.83. The van der Waals surface area contributed by atoms with Crippen molar-refractivity contribution in [3.05, 3.63) is 24.0 Å². The van der Waals surface area contributed by atoms with E-state index < -0.39 is 0 Å². The van der Waals surface area contributed by atoms with Crippen LogP contribution in [0.4, 0.5) is 5.69 Å². The first-order valence-corrected chi connectivity index (χ1v) is 7.64. The fourth-order valence-electron chi connectivity index (χ4n) is 2.05. The summed E-state index contributed by atoms with van der Waals surface area (Å²) in [5.74, 6) is -0.0888. The predicted molar refractivity (Wildman–Crippen MR) is 84.3 cm³/mol. The molecule has 1 atom stereocenters. The molecule has 0 aliphatic heterocycles. The lowest BCUT2D eigenvalue weighted by Crippen LogP contribution is -2.33. The highest BCUT2D eigenvalue weighted by Gasteiger charge is 2.12. The van der Waals surface area contributed by atoms with Crippen LogP contribution in [-0.2, 0) is 0 Å². The molecular weight excluding hydrogens is 250 g/mol. The van der Waals surface area contributed by atoms with Crippen molar-refractivity contribution in [2.75, 3.05) is 18.0 Å². The zero-order chi connectivity index (χ0) is 15.0. The number of rotatable bonds is 8. The Labute approximate surface area is 122 Å². The van der Waals surface area contributed by atoms with Crippen LogP contribution in [0.15, 0.2) is 18.3 Å². The second-order valence-corrected chi connectivity index (χ2v) is 5.17. The van der Waals surface area contributed by atoms with Gasteiger partial charge < -0.3 is 10.2 Å². The number of nitrogens with zero attached hydrogens (tertiary/aromatic N) is 2. The van der Waals surface area contributed by atoms with E-state index in [0.29, 0.717) is 5.69 Å². The molecule has 112 valence electrons. The monoisotopic (exact) mass is 277 g/mol. The van der Waals surface area contributed by atoms with Crippen molar-refractivity contribution in [3.8, 4) is 0 Å². The number of anilines is 1. The van der Waals surface area contributed by atoms with E-state index in [1.807, 2.05) is 19.1 Å². The lowest BCUT2D eigenvalue weighted by Gasteiger charge is -2.24. The van der Waals surface area contributed by atoms with Crippen LogP contribution in [0, 0.1) is 0 Å². The molecule has 4 heteroatoms. The van der Waals surface area contributed by atoms with Gasteiger partial charge in [0.1, 0.15) is 5.69 Å². The second kappa shape index (κ2) is 8.56. The van der Waals surface area contributed by atoms with Gasteiger partial charge in [-0.3, -0.25) is 9.78 Å². The van der Waals surface area contributed by atoms with Crippen LogP contribution < -0.4 is 10.2 Å². The number of hydrogen-bond acceptors (Lipinski definition) is 3. The first kappa shape index (κ1) is 16.5. The Morgan fingerprint density at radius 1 is 1.30 bits per heavy atom. The Morgan fingerprint density at radius 3 is 2.50 bits per heavy atom. The molecule has 1 aromatic heterocycles.